The predicted octanol–water partition coefficient (Wildman–Crippen LogP) is 3.75. The van der Waals surface area contributed by atoms with Gasteiger partial charge in [-0.15, -0.1) is 0 Å². The van der Waals surface area contributed by atoms with Gasteiger partial charge in [0.15, 0.2) is 0 Å². The molecule has 0 spiro atoms. The third kappa shape index (κ3) is 4.00. The molecule has 1 aliphatic rings. The number of benzene rings is 2. The van der Waals surface area contributed by atoms with Gasteiger partial charge in [-0.3, -0.25) is 9.10 Å². The first-order valence-electron chi connectivity index (χ1n) is 9.49. The lowest BCUT2D eigenvalue weighted by Crippen LogP contribution is -2.36. The number of sulfonamides is 1. The Morgan fingerprint density at radius 3 is 2.59 bits per heavy atom. The molecular formula is C21H26N2O3S. The maximum atomic E-state index is 13.3. The molecule has 2 aromatic carbocycles. The van der Waals surface area contributed by atoms with Crippen LogP contribution in [-0.2, 0) is 16.4 Å². The first-order valence-corrected chi connectivity index (χ1v) is 10.9. The molecule has 27 heavy (non-hydrogen) atoms. The number of hydrogen-bond acceptors (Lipinski definition) is 3. The molecule has 6 heteroatoms. The number of para-hydroxylation sites is 1. The van der Waals surface area contributed by atoms with E-state index in [1.807, 2.05) is 38.1 Å². The molecule has 0 radical (unpaired) electrons. The van der Waals surface area contributed by atoms with Crippen molar-refractivity contribution in [3.63, 3.8) is 0 Å². The number of carbonyl (C=O) groups is 1. The van der Waals surface area contributed by atoms with Crippen molar-refractivity contribution >= 4 is 21.6 Å². The maximum absolute atomic E-state index is 13.3. The summed E-state index contributed by atoms with van der Waals surface area (Å²) in [6.45, 7) is 4.48. The van der Waals surface area contributed by atoms with Crippen molar-refractivity contribution in [1.29, 1.82) is 0 Å². The fourth-order valence-electron chi connectivity index (χ4n) is 3.44. The Balaban J connectivity index is 1.92. The molecular weight excluding hydrogens is 360 g/mol. The third-order valence-electron chi connectivity index (χ3n) is 5.07. The highest BCUT2D eigenvalue weighted by molar-refractivity contribution is 7.92. The Hall–Kier alpha value is -2.34. The summed E-state index contributed by atoms with van der Waals surface area (Å²) < 4.78 is 28.0. The molecule has 2 aromatic rings. The number of anilines is 1. The van der Waals surface area contributed by atoms with Gasteiger partial charge in [0.25, 0.3) is 15.9 Å². The van der Waals surface area contributed by atoms with Gasteiger partial charge in [0.05, 0.1) is 10.6 Å². The molecule has 0 unspecified atom stereocenters. The fourth-order valence-corrected chi connectivity index (χ4v) is 5.02. The predicted molar refractivity (Wildman–Crippen MR) is 108 cm³/mol. The van der Waals surface area contributed by atoms with Crippen LogP contribution < -0.4 is 9.62 Å². The SMILES string of the molecule is CCC(CC)NC(=O)c1cccc(S(=O)(=O)N2CCCc3ccccc32)c1. The molecule has 3 rings (SSSR count). The van der Waals surface area contributed by atoms with Gasteiger partial charge in [0.1, 0.15) is 0 Å². The number of nitrogens with one attached hydrogen (secondary N) is 1. The van der Waals surface area contributed by atoms with E-state index in [4.69, 9.17) is 0 Å². The largest absolute Gasteiger partial charge is 0.349 e. The van der Waals surface area contributed by atoms with Crippen molar-refractivity contribution < 1.29 is 13.2 Å². The minimum atomic E-state index is -3.72. The molecule has 1 aliphatic heterocycles. The van der Waals surface area contributed by atoms with E-state index in [0.29, 0.717) is 12.1 Å². The Kier molecular flexibility index (Phi) is 5.85. The molecule has 0 bridgehead atoms. The van der Waals surface area contributed by atoms with E-state index in [1.165, 1.54) is 10.4 Å². The van der Waals surface area contributed by atoms with Crippen LogP contribution in [-0.4, -0.2) is 26.9 Å². The molecule has 0 aliphatic carbocycles. The number of carbonyl (C=O) groups excluding carboxylic acids is 1. The summed E-state index contributed by atoms with van der Waals surface area (Å²) in [6, 6.07) is 14.0. The van der Waals surface area contributed by atoms with Crippen molar-refractivity contribution in [3.05, 3.63) is 59.7 Å². The van der Waals surface area contributed by atoms with Crippen LogP contribution in [0.1, 0.15) is 49.0 Å². The highest BCUT2D eigenvalue weighted by Crippen LogP contribution is 2.31. The van der Waals surface area contributed by atoms with Crippen molar-refractivity contribution in [3.8, 4) is 0 Å². The summed E-state index contributed by atoms with van der Waals surface area (Å²) in [7, 11) is -3.72. The number of hydrogen-bond donors (Lipinski definition) is 1. The lowest BCUT2D eigenvalue weighted by atomic mass is 10.0. The lowest BCUT2D eigenvalue weighted by molar-refractivity contribution is 0.0934. The summed E-state index contributed by atoms with van der Waals surface area (Å²) in [6.07, 6.45) is 3.33. The smallest absolute Gasteiger partial charge is 0.264 e. The molecule has 0 saturated carbocycles. The normalized spacial score (nSPS) is 14.1. The van der Waals surface area contributed by atoms with Crippen molar-refractivity contribution in [1.82, 2.24) is 5.32 Å². The van der Waals surface area contributed by atoms with Crippen LogP contribution in [0.25, 0.3) is 0 Å². The molecule has 0 saturated heterocycles. The molecule has 144 valence electrons. The van der Waals surface area contributed by atoms with Gasteiger partial charge in [-0.25, -0.2) is 8.42 Å². The Morgan fingerprint density at radius 1 is 1.11 bits per heavy atom. The average molecular weight is 387 g/mol. The molecule has 1 N–H and O–H groups in total. The zero-order chi connectivity index (χ0) is 19.4. The number of rotatable bonds is 6. The van der Waals surface area contributed by atoms with Gasteiger partial charge < -0.3 is 5.32 Å². The second kappa shape index (κ2) is 8.13. The molecule has 5 nitrogen and oxygen atoms in total. The molecule has 0 aromatic heterocycles. The van der Waals surface area contributed by atoms with E-state index in [1.54, 1.807) is 18.2 Å². The maximum Gasteiger partial charge on any atom is 0.264 e. The lowest BCUT2D eigenvalue weighted by Gasteiger charge is -2.30. The van der Waals surface area contributed by atoms with Crippen molar-refractivity contribution in [2.24, 2.45) is 0 Å². The van der Waals surface area contributed by atoms with Gasteiger partial charge in [0.2, 0.25) is 0 Å². The second-order valence-electron chi connectivity index (χ2n) is 6.82. The summed E-state index contributed by atoms with van der Waals surface area (Å²) >= 11 is 0. The van der Waals surface area contributed by atoms with Crippen LogP contribution in [0.4, 0.5) is 5.69 Å². The first kappa shape index (κ1) is 19.4. The van der Waals surface area contributed by atoms with E-state index in [2.05, 4.69) is 5.32 Å². The van der Waals surface area contributed by atoms with Gasteiger partial charge in [-0.05, 0) is 55.5 Å². The van der Waals surface area contributed by atoms with Crippen LogP contribution in [0.15, 0.2) is 53.4 Å². The number of aryl methyl sites for hydroxylation is 1. The number of amides is 1. The van der Waals surface area contributed by atoms with E-state index < -0.39 is 10.0 Å². The number of fused-ring (bicyclic) bond motifs is 1. The van der Waals surface area contributed by atoms with Crippen LogP contribution in [0.5, 0.6) is 0 Å². The van der Waals surface area contributed by atoms with Gasteiger partial charge in [-0.1, -0.05) is 38.1 Å². The van der Waals surface area contributed by atoms with Crippen LogP contribution in [0, 0.1) is 0 Å². The topological polar surface area (TPSA) is 66.5 Å². The molecule has 0 fully saturated rings. The van der Waals surface area contributed by atoms with E-state index >= 15 is 0 Å². The summed E-state index contributed by atoms with van der Waals surface area (Å²) in [5.41, 5.74) is 2.14. The standard InChI is InChI=1S/C21H26N2O3S/c1-3-18(4-2)22-21(24)17-10-7-12-19(15-17)27(25,26)23-14-8-11-16-9-5-6-13-20(16)23/h5-7,9-10,12-13,15,18H,3-4,8,11,14H2,1-2H3,(H,22,24). The van der Waals surface area contributed by atoms with Gasteiger partial charge in [0, 0.05) is 18.2 Å². The number of nitrogens with zero attached hydrogens (tertiary/aromatic N) is 1. The van der Waals surface area contributed by atoms with Crippen LogP contribution in [0.3, 0.4) is 0 Å². The minimum absolute atomic E-state index is 0.0896. The van der Waals surface area contributed by atoms with E-state index in [9.17, 15) is 13.2 Å². The highest BCUT2D eigenvalue weighted by atomic mass is 32.2. The average Bonchev–Trinajstić information content (AvgIpc) is 2.71. The van der Waals surface area contributed by atoms with Crippen LogP contribution in [0.2, 0.25) is 0 Å². The first-order chi connectivity index (χ1) is 13.0. The molecule has 1 amide bonds. The van der Waals surface area contributed by atoms with Gasteiger partial charge in [-0.2, -0.15) is 0 Å². The summed E-state index contributed by atoms with van der Waals surface area (Å²) in [5.74, 6) is -0.236. The van der Waals surface area contributed by atoms with Crippen molar-refractivity contribution in [2.75, 3.05) is 10.8 Å². The van der Waals surface area contributed by atoms with Crippen LogP contribution >= 0.6 is 0 Å². The van der Waals surface area contributed by atoms with E-state index in [-0.39, 0.29) is 16.8 Å². The van der Waals surface area contributed by atoms with Crippen molar-refractivity contribution in [2.45, 2.75) is 50.5 Å². The highest BCUT2D eigenvalue weighted by Gasteiger charge is 2.29. The third-order valence-corrected chi connectivity index (χ3v) is 6.88. The summed E-state index contributed by atoms with van der Waals surface area (Å²) in [5, 5.41) is 2.96. The Morgan fingerprint density at radius 2 is 1.85 bits per heavy atom. The monoisotopic (exact) mass is 386 g/mol. The zero-order valence-electron chi connectivity index (χ0n) is 15.8. The summed E-state index contributed by atoms with van der Waals surface area (Å²) in [4.78, 5) is 12.7. The fraction of sp³-hybridized carbons (Fsp3) is 0.381. The van der Waals surface area contributed by atoms with E-state index in [0.717, 1.165) is 36.9 Å². The zero-order valence-corrected chi connectivity index (χ0v) is 16.6. The Bertz CT molecular complexity index is 921. The Labute approximate surface area is 161 Å². The van der Waals surface area contributed by atoms with Gasteiger partial charge >= 0.3 is 0 Å². The molecule has 0 atom stereocenters. The molecule has 1 heterocycles. The quantitative estimate of drug-likeness (QED) is 0.822. The second-order valence-corrected chi connectivity index (χ2v) is 8.69. The minimum Gasteiger partial charge on any atom is -0.349 e.